The summed E-state index contributed by atoms with van der Waals surface area (Å²) < 4.78 is 0. The van der Waals surface area contributed by atoms with Crippen molar-refractivity contribution in [1.82, 2.24) is 30.0 Å². The molecule has 138 valence electrons. The van der Waals surface area contributed by atoms with Crippen molar-refractivity contribution in [3.63, 3.8) is 0 Å². The number of hydrogen-bond donors (Lipinski definition) is 1. The molecule has 7 nitrogen and oxygen atoms in total. The van der Waals surface area contributed by atoms with Crippen LogP contribution in [0.15, 0.2) is 42.7 Å². The predicted octanol–water partition coefficient (Wildman–Crippen LogP) is 2.67. The van der Waals surface area contributed by atoms with Crippen LogP contribution < -0.4 is 0 Å². The zero-order chi connectivity index (χ0) is 18.6. The lowest BCUT2D eigenvalue weighted by atomic mass is 9.93. The molecule has 1 amide bonds. The standard InChI is InChI=1S/C20H22N6O/c1-14-12-22-17(13-21-14)20(27)26-9-7-15(8-10-26)11-18-23-19(25-24-18)16-5-3-2-4-6-16/h2-6,12-13,15H,7-11H2,1H3,(H,23,24,25). The number of aromatic amines is 1. The van der Waals surface area contributed by atoms with Gasteiger partial charge in [-0.2, -0.15) is 5.10 Å². The van der Waals surface area contributed by atoms with Crippen molar-refractivity contribution in [1.29, 1.82) is 0 Å². The van der Waals surface area contributed by atoms with E-state index < -0.39 is 0 Å². The summed E-state index contributed by atoms with van der Waals surface area (Å²) in [6.45, 7) is 3.33. The Hall–Kier alpha value is -3.09. The Labute approximate surface area is 157 Å². The van der Waals surface area contributed by atoms with E-state index in [-0.39, 0.29) is 5.91 Å². The molecule has 4 rings (SSSR count). The van der Waals surface area contributed by atoms with Gasteiger partial charge in [-0.3, -0.25) is 14.9 Å². The third-order valence-electron chi connectivity index (χ3n) is 4.95. The van der Waals surface area contributed by atoms with Gasteiger partial charge in [-0.25, -0.2) is 9.97 Å². The number of likely N-dealkylation sites (tertiary alicyclic amines) is 1. The van der Waals surface area contributed by atoms with Gasteiger partial charge in [0.05, 0.1) is 11.9 Å². The minimum absolute atomic E-state index is 0.0352. The second-order valence-electron chi connectivity index (χ2n) is 6.95. The van der Waals surface area contributed by atoms with Crippen molar-refractivity contribution >= 4 is 5.91 Å². The first-order valence-corrected chi connectivity index (χ1v) is 9.23. The van der Waals surface area contributed by atoms with Gasteiger partial charge in [0.2, 0.25) is 0 Å². The SMILES string of the molecule is Cc1cnc(C(=O)N2CCC(Cc3nc(-c4ccccc4)n[nH]3)CC2)cn1. The molecule has 1 aliphatic heterocycles. The highest BCUT2D eigenvalue weighted by molar-refractivity contribution is 5.92. The summed E-state index contributed by atoms with van der Waals surface area (Å²) in [5, 5.41) is 7.38. The van der Waals surface area contributed by atoms with Crippen LogP contribution >= 0.6 is 0 Å². The second-order valence-corrected chi connectivity index (χ2v) is 6.95. The van der Waals surface area contributed by atoms with Gasteiger partial charge < -0.3 is 4.90 Å². The summed E-state index contributed by atoms with van der Waals surface area (Å²) in [7, 11) is 0. The molecule has 0 saturated carbocycles. The quantitative estimate of drug-likeness (QED) is 0.771. The van der Waals surface area contributed by atoms with Crippen molar-refractivity contribution in [2.45, 2.75) is 26.2 Å². The molecule has 1 aliphatic rings. The summed E-state index contributed by atoms with van der Waals surface area (Å²) in [6.07, 6.45) is 5.95. The normalized spacial score (nSPS) is 15.1. The van der Waals surface area contributed by atoms with E-state index >= 15 is 0 Å². The average molecular weight is 362 g/mol. The van der Waals surface area contributed by atoms with Gasteiger partial charge in [0, 0.05) is 31.3 Å². The van der Waals surface area contributed by atoms with Crippen molar-refractivity contribution in [2.24, 2.45) is 5.92 Å². The summed E-state index contributed by atoms with van der Waals surface area (Å²) in [5.74, 6) is 2.10. The van der Waals surface area contributed by atoms with Gasteiger partial charge >= 0.3 is 0 Å². The van der Waals surface area contributed by atoms with Gasteiger partial charge in [0.25, 0.3) is 5.91 Å². The third kappa shape index (κ3) is 4.02. The van der Waals surface area contributed by atoms with E-state index in [2.05, 4.69) is 25.1 Å². The smallest absolute Gasteiger partial charge is 0.274 e. The number of hydrogen-bond acceptors (Lipinski definition) is 5. The molecule has 1 saturated heterocycles. The number of aryl methyl sites for hydroxylation is 1. The maximum Gasteiger partial charge on any atom is 0.274 e. The summed E-state index contributed by atoms with van der Waals surface area (Å²) >= 11 is 0. The van der Waals surface area contributed by atoms with Gasteiger partial charge in [0.15, 0.2) is 5.82 Å². The summed E-state index contributed by atoms with van der Waals surface area (Å²) in [4.78, 5) is 27.4. The lowest BCUT2D eigenvalue weighted by Crippen LogP contribution is -2.39. The number of carbonyl (C=O) groups is 1. The van der Waals surface area contributed by atoms with Crippen LogP contribution in [0.1, 0.15) is 34.8 Å². The molecule has 0 radical (unpaired) electrons. The highest BCUT2D eigenvalue weighted by Gasteiger charge is 2.25. The second kappa shape index (κ2) is 7.65. The van der Waals surface area contributed by atoms with Crippen molar-refractivity contribution < 1.29 is 4.79 Å². The molecule has 3 heterocycles. The van der Waals surface area contributed by atoms with Gasteiger partial charge in [-0.1, -0.05) is 30.3 Å². The number of carbonyl (C=O) groups excluding carboxylic acids is 1. The maximum atomic E-state index is 12.5. The van der Waals surface area contributed by atoms with E-state index in [0.717, 1.165) is 55.3 Å². The minimum atomic E-state index is -0.0352. The van der Waals surface area contributed by atoms with Crippen LogP contribution in [0.3, 0.4) is 0 Å². The molecule has 0 atom stereocenters. The molecule has 0 unspecified atom stereocenters. The molecular weight excluding hydrogens is 340 g/mol. The van der Waals surface area contributed by atoms with E-state index in [4.69, 9.17) is 0 Å². The minimum Gasteiger partial charge on any atom is -0.337 e. The van der Waals surface area contributed by atoms with Crippen LogP contribution in [0, 0.1) is 12.8 Å². The molecular formula is C20H22N6O. The molecule has 1 N–H and O–H groups in total. The van der Waals surface area contributed by atoms with Crippen molar-refractivity contribution in [3.05, 3.63) is 59.9 Å². The number of H-pyrrole nitrogens is 1. The number of aromatic nitrogens is 5. The Morgan fingerprint density at radius 3 is 2.63 bits per heavy atom. The van der Waals surface area contributed by atoms with Gasteiger partial charge in [-0.05, 0) is 25.7 Å². The Kier molecular flexibility index (Phi) is 4.91. The van der Waals surface area contributed by atoms with E-state index in [0.29, 0.717) is 11.6 Å². The molecule has 0 spiro atoms. The third-order valence-corrected chi connectivity index (χ3v) is 4.95. The Morgan fingerprint density at radius 2 is 1.93 bits per heavy atom. The lowest BCUT2D eigenvalue weighted by molar-refractivity contribution is 0.0683. The number of nitrogens with zero attached hydrogens (tertiary/aromatic N) is 5. The van der Waals surface area contributed by atoms with E-state index in [1.54, 1.807) is 12.4 Å². The number of amides is 1. The van der Waals surface area contributed by atoms with Crippen LogP contribution in [-0.2, 0) is 6.42 Å². The first-order valence-electron chi connectivity index (χ1n) is 9.23. The van der Waals surface area contributed by atoms with Gasteiger partial charge in [0.1, 0.15) is 11.5 Å². The van der Waals surface area contributed by atoms with E-state index in [1.165, 1.54) is 0 Å². The molecule has 7 heteroatoms. The van der Waals surface area contributed by atoms with Crippen LogP contribution in [0.25, 0.3) is 11.4 Å². The largest absolute Gasteiger partial charge is 0.337 e. The topological polar surface area (TPSA) is 87.7 Å². The summed E-state index contributed by atoms with van der Waals surface area (Å²) in [6, 6.07) is 9.96. The fourth-order valence-corrected chi connectivity index (χ4v) is 3.38. The number of rotatable bonds is 4. The molecule has 27 heavy (non-hydrogen) atoms. The highest BCUT2D eigenvalue weighted by atomic mass is 16.2. The fraction of sp³-hybridized carbons (Fsp3) is 0.350. The lowest BCUT2D eigenvalue weighted by Gasteiger charge is -2.31. The average Bonchev–Trinajstić information content (AvgIpc) is 3.18. The molecule has 0 aliphatic carbocycles. The van der Waals surface area contributed by atoms with Crippen LogP contribution in [0.5, 0.6) is 0 Å². The number of benzene rings is 1. The molecule has 3 aromatic rings. The van der Waals surface area contributed by atoms with Crippen molar-refractivity contribution in [3.8, 4) is 11.4 Å². The molecule has 0 bridgehead atoms. The Bertz CT molecular complexity index is 898. The predicted molar refractivity (Wildman–Crippen MR) is 101 cm³/mol. The zero-order valence-corrected chi connectivity index (χ0v) is 15.3. The Morgan fingerprint density at radius 1 is 1.15 bits per heavy atom. The van der Waals surface area contributed by atoms with Crippen LogP contribution in [0.4, 0.5) is 0 Å². The molecule has 1 fully saturated rings. The van der Waals surface area contributed by atoms with Crippen LogP contribution in [-0.4, -0.2) is 49.0 Å². The molecule has 1 aromatic carbocycles. The zero-order valence-electron chi connectivity index (χ0n) is 15.3. The highest BCUT2D eigenvalue weighted by Crippen LogP contribution is 2.22. The van der Waals surface area contributed by atoms with E-state index in [9.17, 15) is 4.79 Å². The monoisotopic (exact) mass is 362 g/mol. The number of nitrogens with one attached hydrogen (secondary N) is 1. The summed E-state index contributed by atoms with van der Waals surface area (Å²) in [5.41, 5.74) is 2.24. The fourth-order valence-electron chi connectivity index (χ4n) is 3.38. The van der Waals surface area contributed by atoms with Gasteiger partial charge in [-0.15, -0.1) is 0 Å². The Balaban J connectivity index is 1.33. The van der Waals surface area contributed by atoms with Crippen LogP contribution in [0.2, 0.25) is 0 Å². The first kappa shape index (κ1) is 17.3. The number of piperidine rings is 1. The van der Waals surface area contributed by atoms with Crippen molar-refractivity contribution in [2.75, 3.05) is 13.1 Å². The van der Waals surface area contributed by atoms with E-state index in [1.807, 2.05) is 42.2 Å². The molecule has 2 aromatic heterocycles. The maximum absolute atomic E-state index is 12.5. The first-order chi connectivity index (χ1) is 13.2.